The van der Waals surface area contributed by atoms with Crippen LogP contribution in [0.1, 0.15) is 102 Å². The smallest absolute Gasteiger partial charge is 0.169 e. The van der Waals surface area contributed by atoms with E-state index in [4.69, 9.17) is 23.2 Å². The molecule has 182 valence electrons. The zero-order chi connectivity index (χ0) is 23.7. The summed E-state index contributed by atoms with van der Waals surface area (Å²) in [7, 11) is 0. The van der Waals surface area contributed by atoms with E-state index >= 15 is 0 Å². The summed E-state index contributed by atoms with van der Waals surface area (Å²) in [6.07, 6.45) is 25.4. The van der Waals surface area contributed by atoms with Gasteiger partial charge in [-0.25, -0.2) is 4.57 Å². The van der Waals surface area contributed by atoms with E-state index in [1.165, 1.54) is 89.9 Å². The Morgan fingerprint density at radius 1 is 0.758 bits per heavy atom. The van der Waals surface area contributed by atoms with Crippen molar-refractivity contribution in [1.82, 2.24) is 0 Å². The van der Waals surface area contributed by atoms with Gasteiger partial charge in [-0.1, -0.05) is 107 Å². The van der Waals surface area contributed by atoms with Gasteiger partial charge in [-0.05, 0) is 18.6 Å². The lowest BCUT2D eigenvalue weighted by molar-refractivity contribution is -0.697. The van der Waals surface area contributed by atoms with Crippen LogP contribution >= 0.6 is 23.2 Å². The fraction of sp³-hybridized carbons (Fsp3) is 0.571. The zero-order valence-electron chi connectivity index (χ0n) is 20.2. The minimum atomic E-state index is -0.110. The van der Waals surface area contributed by atoms with Crippen molar-refractivity contribution in [2.75, 3.05) is 0 Å². The number of aliphatic imine (C=N–C) groups is 1. The normalized spacial score (nSPS) is 11.5. The Labute approximate surface area is 210 Å². The van der Waals surface area contributed by atoms with Crippen molar-refractivity contribution in [3.05, 3.63) is 52.3 Å². The molecule has 1 aromatic heterocycles. The number of hydrogen-bond donors (Lipinski definition) is 1. The highest BCUT2D eigenvalue weighted by molar-refractivity contribution is 6.37. The van der Waals surface area contributed by atoms with Crippen LogP contribution in [0.5, 0.6) is 5.75 Å². The molecule has 33 heavy (non-hydrogen) atoms. The Bertz CT molecular complexity index is 798. The van der Waals surface area contributed by atoms with E-state index in [2.05, 4.69) is 41.0 Å². The minimum Gasteiger partial charge on any atom is -0.505 e. The molecule has 2 rings (SSSR count). The standard InChI is InChI=1S/C28H40Cl2N2O/c1-2-3-4-5-6-7-8-9-10-11-12-13-14-15-18-32-19-16-24(17-20-32)23-31-25-21-26(29)28(33)27(30)22-25/h16-17,19-23H,2-15,18H2,1H3/p+1. The Morgan fingerprint density at radius 3 is 1.70 bits per heavy atom. The second-order valence-electron chi connectivity index (χ2n) is 8.98. The molecule has 0 radical (unpaired) electrons. The van der Waals surface area contributed by atoms with Crippen molar-refractivity contribution in [2.45, 2.75) is 103 Å². The van der Waals surface area contributed by atoms with Gasteiger partial charge in [0, 0.05) is 30.3 Å². The van der Waals surface area contributed by atoms with Crippen molar-refractivity contribution in [3.8, 4) is 5.75 Å². The topological polar surface area (TPSA) is 36.5 Å². The first-order valence-electron chi connectivity index (χ1n) is 12.8. The molecule has 0 aliphatic heterocycles. The second kappa shape index (κ2) is 16.9. The molecule has 0 aliphatic carbocycles. The molecule has 1 N–H and O–H groups in total. The van der Waals surface area contributed by atoms with E-state index in [1.54, 1.807) is 18.3 Å². The predicted molar refractivity (Wildman–Crippen MR) is 142 cm³/mol. The number of pyridine rings is 1. The molecule has 3 nitrogen and oxygen atoms in total. The number of nitrogens with zero attached hydrogens (tertiary/aromatic N) is 2. The molecule has 0 aliphatic rings. The number of phenolic OH excluding ortho intramolecular Hbond substituents is 1. The first-order chi connectivity index (χ1) is 16.1. The van der Waals surface area contributed by atoms with Crippen LogP contribution in [0.25, 0.3) is 0 Å². The van der Waals surface area contributed by atoms with Gasteiger partial charge in [-0.15, -0.1) is 0 Å². The van der Waals surface area contributed by atoms with Crippen molar-refractivity contribution in [3.63, 3.8) is 0 Å². The summed E-state index contributed by atoms with van der Waals surface area (Å²) in [4.78, 5) is 4.40. The SMILES string of the molecule is CCCCCCCCCCCCCCCC[n+]1ccc(C=Nc2cc(Cl)c(O)c(Cl)c2)cc1. The molecule has 0 spiro atoms. The van der Waals surface area contributed by atoms with Crippen LogP contribution in [0.2, 0.25) is 10.0 Å². The first-order valence-corrected chi connectivity index (χ1v) is 13.6. The Hall–Kier alpha value is -1.58. The maximum absolute atomic E-state index is 9.63. The summed E-state index contributed by atoms with van der Waals surface area (Å²) in [5.74, 6) is -0.110. The number of unbranched alkanes of at least 4 members (excludes halogenated alkanes) is 13. The van der Waals surface area contributed by atoms with Crippen LogP contribution in [0, 0.1) is 0 Å². The minimum absolute atomic E-state index is 0.110. The van der Waals surface area contributed by atoms with Crippen molar-refractivity contribution in [2.24, 2.45) is 4.99 Å². The Balaban J connectivity index is 1.52. The largest absolute Gasteiger partial charge is 0.505 e. The number of rotatable bonds is 17. The van der Waals surface area contributed by atoms with Gasteiger partial charge in [0.05, 0.1) is 15.7 Å². The lowest BCUT2D eigenvalue weighted by Gasteiger charge is -2.03. The second-order valence-corrected chi connectivity index (χ2v) is 9.80. The van der Waals surface area contributed by atoms with E-state index in [0.717, 1.165) is 12.1 Å². The quantitative estimate of drug-likeness (QED) is 0.133. The molecule has 2 aromatic rings. The van der Waals surface area contributed by atoms with Gasteiger partial charge in [0.2, 0.25) is 0 Å². The lowest BCUT2D eigenvalue weighted by atomic mass is 10.0. The van der Waals surface area contributed by atoms with Gasteiger partial charge >= 0.3 is 0 Å². The maximum Gasteiger partial charge on any atom is 0.169 e. The van der Waals surface area contributed by atoms with Crippen molar-refractivity contribution < 1.29 is 9.67 Å². The van der Waals surface area contributed by atoms with Crippen LogP contribution in [0.3, 0.4) is 0 Å². The van der Waals surface area contributed by atoms with Gasteiger partial charge in [-0.2, -0.15) is 0 Å². The third-order valence-corrected chi connectivity index (χ3v) is 6.63. The van der Waals surface area contributed by atoms with Gasteiger partial charge < -0.3 is 5.11 Å². The predicted octanol–water partition coefficient (Wildman–Crippen LogP) is 9.22. The van der Waals surface area contributed by atoms with Crippen LogP contribution in [0.15, 0.2) is 41.7 Å². The first kappa shape index (κ1) is 27.7. The van der Waals surface area contributed by atoms with Gasteiger partial charge in [-0.3, -0.25) is 4.99 Å². The van der Waals surface area contributed by atoms with Gasteiger partial charge in [0.1, 0.15) is 6.54 Å². The van der Waals surface area contributed by atoms with E-state index < -0.39 is 0 Å². The lowest BCUT2D eigenvalue weighted by Crippen LogP contribution is -2.32. The average molecular weight is 493 g/mol. The Morgan fingerprint density at radius 2 is 1.21 bits per heavy atom. The number of aromatic nitrogens is 1. The molecule has 0 fully saturated rings. The summed E-state index contributed by atoms with van der Waals surface area (Å²) in [6.45, 7) is 3.34. The molecular formula is C28H41Cl2N2O+. The number of phenols is 1. The van der Waals surface area contributed by atoms with Gasteiger partial charge in [0.15, 0.2) is 18.1 Å². The highest BCUT2D eigenvalue weighted by Crippen LogP contribution is 2.35. The van der Waals surface area contributed by atoms with Crippen LogP contribution in [0.4, 0.5) is 5.69 Å². The molecule has 1 heterocycles. The van der Waals surface area contributed by atoms with Crippen molar-refractivity contribution >= 4 is 35.1 Å². The third kappa shape index (κ3) is 11.9. The summed E-state index contributed by atoms with van der Waals surface area (Å²) >= 11 is 11.9. The van der Waals surface area contributed by atoms with Crippen LogP contribution in [-0.2, 0) is 6.54 Å². The molecule has 0 unspecified atom stereocenters. The summed E-state index contributed by atoms with van der Waals surface area (Å²) in [5.41, 5.74) is 1.62. The average Bonchev–Trinajstić information content (AvgIpc) is 2.82. The van der Waals surface area contributed by atoms with E-state index in [9.17, 15) is 5.11 Å². The molecule has 0 saturated heterocycles. The van der Waals surface area contributed by atoms with Gasteiger partial charge in [0.25, 0.3) is 0 Å². The number of benzene rings is 1. The molecule has 0 atom stereocenters. The van der Waals surface area contributed by atoms with Crippen molar-refractivity contribution in [1.29, 1.82) is 0 Å². The maximum atomic E-state index is 9.63. The number of aromatic hydroxyl groups is 1. The highest BCUT2D eigenvalue weighted by atomic mass is 35.5. The summed E-state index contributed by atoms with van der Waals surface area (Å²) in [5, 5.41) is 10.0. The zero-order valence-corrected chi connectivity index (χ0v) is 21.8. The number of aryl methyl sites for hydroxylation is 1. The fourth-order valence-corrected chi connectivity index (χ4v) is 4.44. The monoisotopic (exact) mass is 491 g/mol. The third-order valence-electron chi connectivity index (χ3n) is 6.05. The molecule has 1 aromatic carbocycles. The molecule has 0 amide bonds. The van der Waals surface area contributed by atoms with Crippen LogP contribution < -0.4 is 4.57 Å². The fourth-order valence-electron chi connectivity index (χ4n) is 3.97. The number of hydrogen-bond acceptors (Lipinski definition) is 2. The van der Waals surface area contributed by atoms with Crippen LogP contribution in [-0.4, -0.2) is 11.3 Å². The Kier molecular flexibility index (Phi) is 14.2. The van der Waals surface area contributed by atoms with E-state index in [0.29, 0.717) is 5.69 Å². The molecule has 5 heteroatoms. The molecule has 0 bridgehead atoms. The van der Waals surface area contributed by atoms with E-state index in [-0.39, 0.29) is 15.8 Å². The summed E-state index contributed by atoms with van der Waals surface area (Å²) < 4.78 is 2.23. The molecule has 0 saturated carbocycles. The van der Waals surface area contributed by atoms with E-state index in [1.807, 2.05) is 0 Å². The number of halogens is 2. The summed E-state index contributed by atoms with van der Waals surface area (Å²) in [6, 6.07) is 7.30. The highest BCUT2D eigenvalue weighted by Gasteiger charge is 2.06. The molecular weight excluding hydrogens is 451 g/mol.